The van der Waals surface area contributed by atoms with E-state index < -0.39 is 0 Å². The maximum absolute atomic E-state index is 12.9. The van der Waals surface area contributed by atoms with Crippen molar-refractivity contribution in [2.24, 2.45) is 23.7 Å². The number of nitrogens with zero attached hydrogens (tertiary/aromatic N) is 1. The van der Waals surface area contributed by atoms with E-state index in [0.717, 1.165) is 30.6 Å². The van der Waals surface area contributed by atoms with E-state index in [2.05, 4.69) is 24.0 Å². The van der Waals surface area contributed by atoms with Gasteiger partial charge in [-0.25, -0.2) is 0 Å². The van der Waals surface area contributed by atoms with Gasteiger partial charge in [-0.3, -0.25) is 9.69 Å². The maximum atomic E-state index is 12.9. The van der Waals surface area contributed by atoms with Crippen molar-refractivity contribution >= 4 is 5.78 Å². The first-order valence-electron chi connectivity index (χ1n) is 8.45. The summed E-state index contributed by atoms with van der Waals surface area (Å²) in [6, 6.07) is 0.940. The fourth-order valence-electron chi connectivity index (χ4n) is 6.02. The summed E-state index contributed by atoms with van der Waals surface area (Å²) < 4.78 is 0. The highest BCUT2D eigenvalue weighted by Gasteiger charge is 2.58. The quantitative estimate of drug-likeness (QED) is 0.630. The molecule has 0 aromatic carbocycles. The molecule has 1 saturated carbocycles. The number of carbonyl (C=O) groups is 1. The van der Waals surface area contributed by atoms with Gasteiger partial charge in [0.1, 0.15) is 0 Å². The predicted octanol–water partition coefficient (Wildman–Crippen LogP) is 2.95. The molecule has 2 heterocycles. The molecule has 5 rings (SSSR count). The number of piperidine rings is 1. The van der Waals surface area contributed by atoms with E-state index in [1.807, 2.05) is 0 Å². The molecule has 0 radical (unpaired) electrons. The van der Waals surface area contributed by atoms with Gasteiger partial charge in [-0.1, -0.05) is 19.1 Å². The Hall–Kier alpha value is -0.890. The molecule has 0 aromatic rings. The van der Waals surface area contributed by atoms with Crippen LogP contribution in [0.4, 0.5) is 0 Å². The molecule has 2 heteroatoms. The average molecular weight is 269 g/mol. The number of allylic oxidation sites excluding steroid dienone is 2. The van der Waals surface area contributed by atoms with Gasteiger partial charge in [0.25, 0.3) is 0 Å². The molecule has 0 unspecified atom stereocenters. The van der Waals surface area contributed by atoms with Gasteiger partial charge in [0.05, 0.1) is 6.04 Å². The number of fused-ring (bicyclic) bond motifs is 4. The minimum absolute atomic E-state index is 0.325. The van der Waals surface area contributed by atoms with Gasteiger partial charge < -0.3 is 0 Å². The number of rotatable bonds is 0. The van der Waals surface area contributed by atoms with Crippen LogP contribution in [0.25, 0.3) is 0 Å². The van der Waals surface area contributed by atoms with E-state index in [1.54, 1.807) is 5.57 Å². The number of ketones is 1. The minimum Gasteiger partial charge on any atom is -0.294 e. The van der Waals surface area contributed by atoms with E-state index in [9.17, 15) is 4.79 Å². The largest absolute Gasteiger partial charge is 0.294 e. The van der Waals surface area contributed by atoms with E-state index in [1.165, 1.54) is 31.4 Å². The second-order valence-corrected chi connectivity index (χ2v) is 7.65. The third-order valence-electron chi connectivity index (χ3n) is 6.83. The van der Waals surface area contributed by atoms with E-state index in [-0.39, 0.29) is 0 Å². The fraction of sp³-hybridized carbons (Fsp3) is 0.722. The Bertz CT molecular complexity index is 546. The summed E-state index contributed by atoms with van der Waals surface area (Å²) in [6.07, 6.45) is 10.9. The Labute approximate surface area is 120 Å². The van der Waals surface area contributed by atoms with Crippen molar-refractivity contribution in [3.05, 3.63) is 23.3 Å². The van der Waals surface area contributed by atoms with Crippen LogP contribution >= 0.6 is 0 Å². The van der Waals surface area contributed by atoms with Gasteiger partial charge in [0.15, 0.2) is 5.78 Å². The smallest absolute Gasteiger partial charge is 0.165 e. The van der Waals surface area contributed by atoms with E-state index in [4.69, 9.17) is 0 Å². The van der Waals surface area contributed by atoms with Crippen molar-refractivity contribution in [2.45, 2.75) is 51.1 Å². The van der Waals surface area contributed by atoms with E-state index in [0.29, 0.717) is 23.8 Å². The Morgan fingerprint density at radius 1 is 1.20 bits per heavy atom. The zero-order chi connectivity index (χ0) is 13.4. The van der Waals surface area contributed by atoms with Crippen molar-refractivity contribution < 1.29 is 4.79 Å². The Morgan fingerprint density at radius 2 is 2.10 bits per heavy atom. The first-order chi connectivity index (χ1) is 9.75. The molecular formula is C18H23NO. The lowest BCUT2D eigenvalue weighted by atomic mass is 9.73. The summed E-state index contributed by atoms with van der Waals surface area (Å²) in [7, 11) is 0. The molecule has 3 fully saturated rings. The molecule has 6 atom stereocenters. The van der Waals surface area contributed by atoms with Gasteiger partial charge in [-0.15, -0.1) is 0 Å². The van der Waals surface area contributed by atoms with Gasteiger partial charge in [-0.05, 0) is 55.4 Å². The molecule has 2 nitrogen and oxygen atoms in total. The number of carbonyl (C=O) groups excluding carboxylic acids is 1. The second-order valence-electron chi connectivity index (χ2n) is 7.65. The van der Waals surface area contributed by atoms with Crippen LogP contribution < -0.4 is 0 Å². The minimum atomic E-state index is 0.325. The highest BCUT2D eigenvalue weighted by Crippen LogP contribution is 2.54. The van der Waals surface area contributed by atoms with Crippen LogP contribution in [0.15, 0.2) is 23.3 Å². The third-order valence-corrected chi connectivity index (χ3v) is 6.83. The Balaban J connectivity index is 1.65. The van der Waals surface area contributed by atoms with E-state index >= 15 is 0 Å². The summed E-state index contributed by atoms with van der Waals surface area (Å²) >= 11 is 0. The molecule has 3 aliphatic carbocycles. The van der Waals surface area contributed by atoms with Crippen molar-refractivity contribution in [1.29, 1.82) is 0 Å². The van der Waals surface area contributed by atoms with Crippen LogP contribution in [0.5, 0.6) is 0 Å². The molecule has 2 saturated heterocycles. The van der Waals surface area contributed by atoms with Gasteiger partial charge in [0.2, 0.25) is 0 Å². The molecule has 20 heavy (non-hydrogen) atoms. The number of hydrogen-bond acceptors (Lipinski definition) is 2. The van der Waals surface area contributed by atoms with Crippen molar-refractivity contribution in [3.8, 4) is 0 Å². The molecule has 0 spiro atoms. The summed E-state index contributed by atoms with van der Waals surface area (Å²) in [6.45, 7) is 3.62. The highest BCUT2D eigenvalue weighted by molar-refractivity contribution is 6.01. The Kier molecular flexibility index (Phi) is 2.26. The van der Waals surface area contributed by atoms with Gasteiger partial charge in [-0.2, -0.15) is 0 Å². The summed E-state index contributed by atoms with van der Waals surface area (Å²) in [4.78, 5) is 15.7. The molecule has 106 valence electrons. The lowest BCUT2D eigenvalue weighted by Gasteiger charge is -2.45. The fourth-order valence-corrected chi connectivity index (χ4v) is 6.02. The van der Waals surface area contributed by atoms with Crippen LogP contribution in [0.3, 0.4) is 0 Å². The molecule has 5 aliphatic rings. The molecule has 0 amide bonds. The van der Waals surface area contributed by atoms with Crippen molar-refractivity contribution in [1.82, 2.24) is 4.90 Å². The lowest BCUT2D eigenvalue weighted by Crippen LogP contribution is -2.54. The highest BCUT2D eigenvalue weighted by atomic mass is 16.1. The molecular weight excluding hydrogens is 246 g/mol. The summed E-state index contributed by atoms with van der Waals surface area (Å²) in [5.41, 5.74) is 2.78. The lowest BCUT2D eigenvalue weighted by molar-refractivity contribution is -0.123. The third kappa shape index (κ3) is 1.27. The first-order valence-corrected chi connectivity index (χ1v) is 8.45. The number of hydrogen-bond donors (Lipinski definition) is 0. The average Bonchev–Trinajstić information content (AvgIpc) is 3.12. The predicted molar refractivity (Wildman–Crippen MR) is 78.2 cm³/mol. The zero-order valence-electron chi connectivity index (χ0n) is 12.2. The molecule has 0 bridgehead atoms. The summed E-state index contributed by atoms with van der Waals surface area (Å²) in [5.74, 6) is 3.14. The van der Waals surface area contributed by atoms with Crippen molar-refractivity contribution in [2.75, 3.05) is 6.54 Å². The maximum Gasteiger partial charge on any atom is 0.165 e. The first kappa shape index (κ1) is 11.7. The van der Waals surface area contributed by atoms with Gasteiger partial charge in [0, 0.05) is 24.1 Å². The Morgan fingerprint density at radius 3 is 3.00 bits per heavy atom. The molecule has 0 aromatic heterocycles. The molecule has 2 aliphatic heterocycles. The SMILES string of the molecule is C[C@@H]1CN2[C@@H]3C(=CC[C@H]4CCC=C43)C(=O)[C@@H]3CC[C@H]1[C@@H]32. The summed E-state index contributed by atoms with van der Waals surface area (Å²) in [5, 5.41) is 0. The zero-order valence-corrected chi connectivity index (χ0v) is 12.2. The van der Waals surface area contributed by atoms with Gasteiger partial charge >= 0.3 is 0 Å². The van der Waals surface area contributed by atoms with Crippen LogP contribution in [-0.4, -0.2) is 29.3 Å². The molecule has 0 N–H and O–H groups in total. The number of Topliss-reactive ketones (excluding diaryl/α,β-unsaturated/α-hetero) is 1. The van der Waals surface area contributed by atoms with Crippen molar-refractivity contribution in [3.63, 3.8) is 0 Å². The normalized spacial score (nSPS) is 49.5. The van der Waals surface area contributed by atoms with Crippen LogP contribution in [0, 0.1) is 23.7 Å². The van der Waals surface area contributed by atoms with Crippen LogP contribution in [0.1, 0.15) is 39.0 Å². The topological polar surface area (TPSA) is 20.3 Å². The van der Waals surface area contributed by atoms with Crippen LogP contribution in [0.2, 0.25) is 0 Å². The van der Waals surface area contributed by atoms with Crippen LogP contribution in [-0.2, 0) is 4.79 Å². The monoisotopic (exact) mass is 269 g/mol. The standard InChI is InChI=1S/C18H23NO/c1-10-9-19-16-12(10)7-8-15(16)18(20)14-6-5-11-3-2-4-13(11)17(14)19/h4,6,10-12,15-17H,2-3,5,7-9H2,1H3/t10-,11-,12-,15-,16+,17+/m1/s1. The second kappa shape index (κ2) is 3.85.